The number of benzene rings is 1. The van der Waals surface area contributed by atoms with Crippen LogP contribution in [0.5, 0.6) is 0 Å². The Morgan fingerprint density at radius 3 is 2.52 bits per heavy atom. The topological polar surface area (TPSA) is 60.0 Å². The Labute approximate surface area is 179 Å². The summed E-state index contributed by atoms with van der Waals surface area (Å²) >= 11 is 1.99. The van der Waals surface area contributed by atoms with Gasteiger partial charge in [0.15, 0.2) is 5.96 Å². The summed E-state index contributed by atoms with van der Waals surface area (Å²) in [6.45, 7) is 3.37. The van der Waals surface area contributed by atoms with Crippen molar-refractivity contribution in [3.05, 3.63) is 35.9 Å². The zero-order valence-electron chi connectivity index (χ0n) is 17.8. The number of hydrogen-bond acceptors (Lipinski definition) is 4. The molecule has 2 heterocycles. The number of piperidine rings is 1. The minimum absolute atomic E-state index is 0.0294. The van der Waals surface area contributed by atoms with Gasteiger partial charge in [0.05, 0.1) is 0 Å². The molecule has 1 unspecified atom stereocenters. The molecule has 160 valence electrons. The molecule has 1 amide bonds. The second kappa shape index (κ2) is 11.5. The van der Waals surface area contributed by atoms with E-state index in [4.69, 9.17) is 0 Å². The van der Waals surface area contributed by atoms with Crippen molar-refractivity contribution in [1.29, 1.82) is 0 Å². The summed E-state index contributed by atoms with van der Waals surface area (Å²) in [5, 5.41) is 7.20. The largest absolute Gasteiger partial charge is 0.354 e. The maximum atomic E-state index is 12.0. The van der Waals surface area contributed by atoms with Crippen LogP contribution in [0.3, 0.4) is 0 Å². The van der Waals surface area contributed by atoms with Gasteiger partial charge in [0.1, 0.15) is 6.54 Å². The average molecular weight is 418 g/mol. The van der Waals surface area contributed by atoms with Crippen molar-refractivity contribution in [3.8, 4) is 0 Å². The lowest BCUT2D eigenvalue weighted by atomic mass is 10.0. The van der Waals surface area contributed by atoms with E-state index in [-0.39, 0.29) is 12.5 Å². The number of carbonyl (C=O) groups is 1. The highest BCUT2D eigenvalue weighted by molar-refractivity contribution is 7.99. The van der Waals surface area contributed by atoms with Gasteiger partial charge < -0.3 is 15.5 Å². The second-order valence-corrected chi connectivity index (χ2v) is 9.34. The van der Waals surface area contributed by atoms with E-state index in [0.29, 0.717) is 12.1 Å². The summed E-state index contributed by atoms with van der Waals surface area (Å²) in [5.74, 6) is 3.19. The molecular formula is C22H35N5OS. The number of nitrogens with one attached hydrogen (secondary N) is 2. The van der Waals surface area contributed by atoms with E-state index in [0.717, 1.165) is 44.2 Å². The monoisotopic (exact) mass is 417 g/mol. The number of nitrogens with zero attached hydrogens (tertiary/aromatic N) is 3. The van der Waals surface area contributed by atoms with Gasteiger partial charge in [0.2, 0.25) is 5.91 Å². The SMILES string of the molecule is CN(C)C(=O)CN=C(NC1CCN(Cc2ccccc2)CC1)NC1CCCSC1. The molecule has 2 N–H and O–H groups in total. The lowest BCUT2D eigenvalue weighted by Crippen LogP contribution is -2.52. The Hall–Kier alpha value is -1.73. The van der Waals surface area contributed by atoms with Crippen LogP contribution in [0.4, 0.5) is 0 Å². The van der Waals surface area contributed by atoms with Crippen LogP contribution in [0.25, 0.3) is 0 Å². The van der Waals surface area contributed by atoms with Gasteiger partial charge in [-0.25, -0.2) is 4.99 Å². The van der Waals surface area contributed by atoms with Crippen LogP contribution in [0, 0.1) is 0 Å². The lowest BCUT2D eigenvalue weighted by Gasteiger charge is -2.34. The first-order chi connectivity index (χ1) is 14.1. The molecule has 0 aliphatic carbocycles. The molecule has 0 saturated carbocycles. The Kier molecular flexibility index (Phi) is 8.68. The number of rotatable bonds is 6. The Bertz CT molecular complexity index is 652. The normalized spacial score (nSPS) is 21.6. The van der Waals surface area contributed by atoms with Crippen molar-refractivity contribution in [1.82, 2.24) is 20.4 Å². The van der Waals surface area contributed by atoms with Crippen molar-refractivity contribution >= 4 is 23.6 Å². The number of likely N-dealkylation sites (tertiary alicyclic amines) is 1. The first-order valence-corrected chi connectivity index (χ1v) is 11.9. The lowest BCUT2D eigenvalue weighted by molar-refractivity contribution is -0.127. The molecule has 2 fully saturated rings. The summed E-state index contributed by atoms with van der Waals surface area (Å²) in [7, 11) is 3.55. The molecule has 2 saturated heterocycles. The number of carbonyl (C=O) groups excluding carboxylic acids is 1. The molecule has 1 atom stereocenters. The highest BCUT2D eigenvalue weighted by Crippen LogP contribution is 2.17. The number of guanidine groups is 1. The van der Waals surface area contributed by atoms with Crippen molar-refractivity contribution in [2.45, 2.75) is 44.3 Å². The van der Waals surface area contributed by atoms with Crippen molar-refractivity contribution < 1.29 is 4.79 Å². The summed E-state index contributed by atoms with van der Waals surface area (Å²) < 4.78 is 0. The van der Waals surface area contributed by atoms with Crippen molar-refractivity contribution in [2.75, 3.05) is 45.2 Å². The van der Waals surface area contributed by atoms with Crippen molar-refractivity contribution in [2.24, 2.45) is 4.99 Å². The Balaban J connectivity index is 1.51. The molecule has 1 aromatic rings. The van der Waals surface area contributed by atoms with Crippen LogP contribution in [-0.2, 0) is 11.3 Å². The van der Waals surface area contributed by atoms with E-state index in [1.165, 1.54) is 24.2 Å². The van der Waals surface area contributed by atoms with E-state index in [2.05, 4.69) is 50.9 Å². The zero-order valence-corrected chi connectivity index (χ0v) is 18.6. The Morgan fingerprint density at radius 2 is 1.86 bits per heavy atom. The number of likely N-dealkylation sites (N-methyl/N-ethyl adjacent to an activating group) is 1. The average Bonchev–Trinajstić information content (AvgIpc) is 2.74. The van der Waals surface area contributed by atoms with Gasteiger partial charge in [0.25, 0.3) is 0 Å². The molecular weight excluding hydrogens is 382 g/mol. The van der Waals surface area contributed by atoms with E-state index in [1.54, 1.807) is 19.0 Å². The third kappa shape index (κ3) is 7.55. The fourth-order valence-electron chi connectivity index (χ4n) is 3.74. The van der Waals surface area contributed by atoms with Gasteiger partial charge in [-0.3, -0.25) is 9.69 Å². The third-order valence-corrected chi connectivity index (χ3v) is 6.77. The summed E-state index contributed by atoms with van der Waals surface area (Å²) in [6, 6.07) is 11.5. The first-order valence-electron chi connectivity index (χ1n) is 10.7. The molecule has 3 rings (SSSR count). The highest BCUT2D eigenvalue weighted by atomic mass is 32.2. The first kappa shape index (κ1) is 22.0. The van der Waals surface area contributed by atoms with Crippen molar-refractivity contribution in [3.63, 3.8) is 0 Å². The van der Waals surface area contributed by atoms with Crippen LogP contribution < -0.4 is 10.6 Å². The predicted octanol–water partition coefficient (Wildman–Crippen LogP) is 2.17. The molecule has 0 spiro atoms. The van der Waals surface area contributed by atoms with Gasteiger partial charge in [-0.05, 0) is 37.0 Å². The molecule has 2 aliphatic rings. The van der Waals surface area contributed by atoms with Crippen LogP contribution in [0.15, 0.2) is 35.3 Å². The fourth-order valence-corrected chi connectivity index (χ4v) is 4.81. The quantitative estimate of drug-likeness (QED) is 0.549. The maximum Gasteiger partial charge on any atom is 0.243 e. The molecule has 0 radical (unpaired) electrons. The van der Waals surface area contributed by atoms with Crippen LogP contribution in [0.2, 0.25) is 0 Å². The zero-order chi connectivity index (χ0) is 20.5. The van der Waals surface area contributed by atoms with Gasteiger partial charge >= 0.3 is 0 Å². The van der Waals surface area contributed by atoms with E-state index in [9.17, 15) is 4.79 Å². The van der Waals surface area contributed by atoms with Crippen LogP contribution in [-0.4, -0.2) is 79.0 Å². The van der Waals surface area contributed by atoms with Gasteiger partial charge in [-0.15, -0.1) is 0 Å². The van der Waals surface area contributed by atoms with E-state index < -0.39 is 0 Å². The minimum Gasteiger partial charge on any atom is -0.354 e. The molecule has 1 aromatic carbocycles. The van der Waals surface area contributed by atoms with Crippen LogP contribution in [0.1, 0.15) is 31.2 Å². The maximum absolute atomic E-state index is 12.0. The van der Waals surface area contributed by atoms with Gasteiger partial charge in [-0.1, -0.05) is 30.3 Å². The minimum atomic E-state index is 0.0294. The summed E-state index contributed by atoms with van der Waals surface area (Å²) in [5.41, 5.74) is 1.37. The van der Waals surface area contributed by atoms with Gasteiger partial charge in [-0.2, -0.15) is 11.8 Å². The molecule has 29 heavy (non-hydrogen) atoms. The molecule has 7 heteroatoms. The number of amides is 1. The summed E-state index contributed by atoms with van der Waals surface area (Å²) in [6.07, 6.45) is 4.60. The smallest absolute Gasteiger partial charge is 0.243 e. The van der Waals surface area contributed by atoms with Gasteiger partial charge in [0, 0.05) is 51.6 Å². The molecule has 0 bridgehead atoms. The highest BCUT2D eigenvalue weighted by Gasteiger charge is 2.22. The molecule has 6 nitrogen and oxygen atoms in total. The molecule has 2 aliphatic heterocycles. The van der Waals surface area contributed by atoms with E-state index >= 15 is 0 Å². The molecule has 0 aromatic heterocycles. The van der Waals surface area contributed by atoms with Crippen LogP contribution >= 0.6 is 11.8 Å². The standard InChI is InChI=1S/C22H35N5OS/c1-26(2)21(28)15-23-22(25-20-9-6-14-29-17-20)24-19-10-12-27(13-11-19)16-18-7-4-3-5-8-18/h3-5,7-8,19-20H,6,9-17H2,1-2H3,(H2,23,24,25). The predicted molar refractivity (Wildman–Crippen MR) is 122 cm³/mol. The summed E-state index contributed by atoms with van der Waals surface area (Å²) in [4.78, 5) is 20.7. The Morgan fingerprint density at radius 1 is 1.14 bits per heavy atom. The number of aliphatic imine (C=N–C) groups is 1. The third-order valence-electron chi connectivity index (χ3n) is 5.55. The fraction of sp³-hybridized carbons (Fsp3) is 0.636. The number of thioether (sulfide) groups is 1. The second-order valence-electron chi connectivity index (χ2n) is 8.19. The van der Waals surface area contributed by atoms with E-state index in [1.807, 2.05) is 11.8 Å². The number of hydrogen-bond donors (Lipinski definition) is 2.